The molecular formula is C25H21ClN4O3S. The maximum atomic E-state index is 13.2. The molecule has 0 saturated heterocycles. The van der Waals surface area contributed by atoms with Crippen molar-refractivity contribution >= 4 is 35.0 Å². The first-order valence-electron chi connectivity index (χ1n) is 10.8. The van der Waals surface area contributed by atoms with Crippen molar-refractivity contribution in [3.63, 3.8) is 0 Å². The van der Waals surface area contributed by atoms with Gasteiger partial charge in [-0.2, -0.15) is 0 Å². The van der Waals surface area contributed by atoms with Crippen LogP contribution in [-0.4, -0.2) is 22.2 Å². The van der Waals surface area contributed by atoms with Gasteiger partial charge in [-0.15, -0.1) is 0 Å². The highest BCUT2D eigenvalue weighted by atomic mass is 35.5. The Balaban J connectivity index is 1.74. The molecule has 1 unspecified atom stereocenters. The lowest BCUT2D eigenvalue weighted by atomic mass is 10.0. The van der Waals surface area contributed by atoms with Crippen LogP contribution in [0.5, 0.6) is 5.88 Å². The summed E-state index contributed by atoms with van der Waals surface area (Å²) in [6.45, 7) is 3.74. The van der Waals surface area contributed by atoms with E-state index in [0.29, 0.717) is 38.6 Å². The van der Waals surface area contributed by atoms with Crippen molar-refractivity contribution < 1.29 is 19.0 Å². The molecule has 0 aliphatic carbocycles. The van der Waals surface area contributed by atoms with Gasteiger partial charge in [0.05, 0.1) is 17.1 Å². The van der Waals surface area contributed by atoms with Crippen LogP contribution in [0.3, 0.4) is 0 Å². The standard InChI is InChI=1S/C25H21ClN4O3S/c1-4-21(31)29-18-8-6-5-7-16(18)22-23(32)27-25(34-3)28-30(22)24(29)20-12-11-19(33-20)15-10-9-14(2)17(26)13-15/h5-13,24H,4H2,1-3H3. The molecule has 7 nitrogen and oxygen atoms in total. The average Bonchev–Trinajstić information content (AvgIpc) is 3.33. The van der Waals surface area contributed by atoms with Crippen LogP contribution >= 0.6 is 23.4 Å². The van der Waals surface area contributed by atoms with Gasteiger partial charge in [0.1, 0.15) is 5.76 Å². The van der Waals surface area contributed by atoms with Crippen molar-refractivity contribution in [2.45, 2.75) is 31.6 Å². The molecule has 2 aromatic carbocycles. The smallest absolute Gasteiger partial charge is 0.325 e. The molecule has 2 aromatic heterocycles. The molecule has 0 N–H and O–H groups in total. The monoisotopic (exact) mass is 492 g/mol. The molecule has 4 aromatic rings. The second kappa shape index (κ2) is 8.77. The molecule has 1 aliphatic heterocycles. The number of aryl methyl sites for hydroxylation is 1. The third-order valence-electron chi connectivity index (χ3n) is 5.81. The summed E-state index contributed by atoms with van der Waals surface area (Å²) in [5, 5.41) is 18.7. The van der Waals surface area contributed by atoms with E-state index in [1.165, 1.54) is 11.8 Å². The number of hydrogen-bond donors (Lipinski definition) is 0. The number of carbonyl (C=O) groups is 1. The normalized spacial score (nSPS) is 14.6. The minimum atomic E-state index is -0.784. The Morgan fingerprint density at radius 2 is 2.03 bits per heavy atom. The minimum absolute atomic E-state index is 0.122. The zero-order valence-electron chi connectivity index (χ0n) is 18.8. The van der Waals surface area contributed by atoms with Crippen molar-refractivity contribution in [1.82, 2.24) is 10.1 Å². The molecule has 1 aliphatic rings. The lowest BCUT2D eigenvalue weighted by molar-refractivity contribution is -0.765. The third kappa shape index (κ3) is 3.63. The highest BCUT2D eigenvalue weighted by Crippen LogP contribution is 2.42. The Morgan fingerprint density at radius 1 is 1.24 bits per heavy atom. The summed E-state index contributed by atoms with van der Waals surface area (Å²) in [6.07, 6.45) is 1.29. The molecule has 9 heteroatoms. The Kier molecular flexibility index (Phi) is 5.79. The molecule has 34 heavy (non-hydrogen) atoms. The lowest BCUT2D eigenvalue weighted by Crippen LogP contribution is -2.59. The summed E-state index contributed by atoms with van der Waals surface area (Å²) in [4.78, 5) is 19.0. The summed E-state index contributed by atoms with van der Waals surface area (Å²) in [6, 6.07) is 16.6. The fraction of sp³-hybridized carbons (Fsp3) is 0.200. The van der Waals surface area contributed by atoms with Crippen LogP contribution in [0.4, 0.5) is 5.69 Å². The molecule has 1 amide bonds. The lowest BCUT2D eigenvalue weighted by Gasteiger charge is -2.32. The molecule has 1 atom stereocenters. The van der Waals surface area contributed by atoms with E-state index in [1.807, 2.05) is 49.4 Å². The number of para-hydroxylation sites is 1. The first-order valence-corrected chi connectivity index (χ1v) is 12.4. The van der Waals surface area contributed by atoms with Gasteiger partial charge in [-0.3, -0.25) is 4.79 Å². The van der Waals surface area contributed by atoms with Crippen molar-refractivity contribution in [3.8, 4) is 28.5 Å². The average molecular weight is 493 g/mol. The van der Waals surface area contributed by atoms with Crippen LogP contribution < -0.4 is 14.7 Å². The number of halogens is 1. The van der Waals surface area contributed by atoms with E-state index in [-0.39, 0.29) is 12.3 Å². The maximum Gasteiger partial charge on any atom is 0.325 e. The zero-order valence-corrected chi connectivity index (χ0v) is 20.4. The van der Waals surface area contributed by atoms with Crippen LogP contribution in [0, 0.1) is 6.92 Å². The van der Waals surface area contributed by atoms with E-state index in [4.69, 9.17) is 16.0 Å². The Labute approximate surface area is 206 Å². The van der Waals surface area contributed by atoms with Crippen LogP contribution in [0.1, 0.15) is 30.8 Å². The Hall–Kier alpha value is -3.36. The quantitative estimate of drug-likeness (QED) is 0.302. The summed E-state index contributed by atoms with van der Waals surface area (Å²) in [7, 11) is 0. The van der Waals surface area contributed by atoms with E-state index >= 15 is 0 Å². The number of thioether (sulfide) groups is 1. The predicted octanol–water partition coefficient (Wildman–Crippen LogP) is 4.75. The Morgan fingerprint density at radius 3 is 2.76 bits per heavy atom. The number of anilines is 1. The number of amides is 1. The predicted molar refractivity (Wildman–Crippen MR) is 129 cm³/mol. The molecule has 0 spiro atoms. The molecule has 172 valence electrons. The first-order chi connectivity index (χ1) is 16.4. The minimum Gasteiger partial charge on any atom is -0.854 e. The first kappa shape index (κ1) is 22.4. The molecule has 0 fully saturated rings. The summed E-state index contributed by atoms with van der Waals surface area (Å²) < 4.78 is 7.83. The summed E-state index contributed by atoms with van der Waals surface area (Å²) in [5.74, 6) is 0.545. The third-order valence-corrected chi connectivity index (χ3v) is 6.75. The topological polar surface area (TPSA) is 86.2 Å². The van der Waals surface area contributed by atoms with Gasteiger partial charge in [0.2, 0.25) is 5.91 Å². The maximum absolute atomic E-state index is 13.2. The number of rotatable bonds is 4. The van der Waals surface area contributed by atoms with Crippen molar-refractivity contribution in [2.24, 2.45) is 0 Å². The fourth-order valence-electron chi connectivity index (χ4n) is 4.11. The largest absolute Gasteiger partial charge is 0.854 e. The van der Waals surface area contributed by atoms with Crippen molar-refractivity contribution in [3.05, 3.63) is 70.9 Å². The number of aromatic nitrogens is 3. The van der Waals surface area contributed by atoms with E-state index in [2.05, 4.69) is 10.1 Å². The van der Waals surface area contributed by atoms with Gasteiger partial charge < -0.3 is 9.52 Å². The van der Waals surface area contributed by atoms with Gasteiger partial charge in [-0.1, -0.05) is 54.6 Å². The molecule has 0 saturated carbocycles. The fourth-order valence-corrected chi connectivity index (χ4v) is 4.64. The second-order valence-corrected chi connectivity index (χ2v) is 9.05. The highest BCUT2D eigenvalue weighted by Gasteiger charge is 2.46. The van der Waals surface area contributed by atoms with Crippen LogP contribution in [0.2, 0.25) is 5.02 Å². The van der Waals surface area contributed by atoms with E-state index in [9.17, 15) is 9.90 Å². The van der Waals surface area contributed by atoms with Gasteiger partial charge >= 0.3 is 6.17 Å². The van der Waals surface area contributed by atoms with Gasteiger partial charge in [0.25, 0.3) is 10.9 Å². The molecular weight excluding hydrogens is 472 g/mol. The molecule has 0 radical (unpaired) electrons. The number of benzene rings is 2. The molecule has 5 rings (SSSR count). The highest BCUT2D eigenvalue weighted by molar-refractivity contribution is 7.98. The number of carbonyl (C=O) groups excluding carboxylic acids is 1. The van der Waals surface area contributed by atoms with Gasteiger partial charge in [-0.25, -0.2) is 9.88 Å². The van der Waals surface area contributed by atoms with Crippen LogP contribution in [0.25, 0.3) is 22.6 Å². The van der Waals surface area contributed by atoms with Gasteiger partial charge in [-0.05, 0) is 53.8 Å². The number of nitrogens with zero attached hydrogens (tertiary/aromatic N) is 4. The SMILES string of the molecule is CCC(=O)N1c2ccccc2-c2c([O-])nc(SC)n[n+]2C1c1ccc(-c2ccc(C)c(Cl)c2)o1. The number of fused-ring (bicyclic) bond motifs is 3. The number of hydrogen-bond acceptors (Lipinski definition) is 6. The summed E-state index contributed by atoms with van der Waals surface area (Å²) >= 11 is 7.59. The van der Waals surface area contributed by atoms with E-state index in [0.717, 1.165) is 11.1 Å². The van der Waals surface area contributed by atoms with Crippen molar-refractivity contribution in [2.75, 3.05) is 11.2 Å². The van der Waals surface area contributed by atoms with Crippen molar-refractivity contribution in [1.29, 1.82) is 0 Å². The number of furan rings is 1. The second-order valence-electron chi connectivity index (χ2n) is 7.87. The summed E-state index contributed by atoms with van der Waals surface area (Å²) in [5.41, 5.74) is 3.32. The molecule has 0 bridgehead atoms. The van der Waals surface area contributed by atoms with E-state index in [1.54, 1.807) is 34.9 Å². The van der Waals surface area contributed by atoms with Gasteiger partial charge in [0.15, 0.2) is 5.76 Å². The van der Waals surface area contributed by atoms with Crippen LogP contribution in [0.15, 0.2) is 64.2 Å². The van der Waals surface area contributed by atoms with Gasteiger partial charge in [0, 0.05) is 22.1 Å². The molecule has 3 heterocycles. The van der Waals surface area contributed by atoms with Crippen LogP contribution in [-0.2, 0) is 4.79 Å². The Bertz CT molecular complexity index is 1420. The zero-order chi connectivity index (χ0) is 24.0. The van der Waals surface area contributed by atoms with E-state index < -0.39 is 12.0 Å².